The number of hydrogen-bond acceptors (Lipinski definition) is 5. The minimum absolute atomic E-state index is 0.162. The van der Waals surface area contributed by atoms with E-state index >= 15 is 0 Å². The number of aliphatic carboxylic acids is 1. The fraction of sp³-hybridized carbons (Fsp3) is 0.462. The summed E-state index contributed by atoms with van der Waals surface area (Å²) in [6.45, 7) is 4.20. The summed E-state index contributed by atoms with van der Waals surface area (Å²) >= 11 is 5.82. The molecule has 8 nitrogen and oxygen atoms in total. The van der Waals surface area contributed by atoms with Gasteiger partial charge in [0.15, 0.2) is 5.60 Å². The Labute approximate surface area is 132 Å². The van der Waals surface area contributed by atoms with E-state index in [1.807, 2.05) is 0 Å². The lowest BCUT2D eigenvalue weighted by Crippen LogP contribution is -2.47. The van der Waals surface area contributed by atoms with Gasteiger partial charge < -0.3 is 25.6 Å². The van der Waals surface area contributed by atoms with Crippen LogP contribution in [0.1, 0.15) is 20.8 Å². The lowest BCUT2D eigenvalue weighted by molar-refractivity contribution is -0.155. The van der Waals surface area contributed by atoms with Gasteiger partial charge >= 0.3 is 12.0 Å². The second-order valence-corrected chi connectivity index (χ2v) is 5.50. The first-order valence-corrected chi connectivity index (χ1v) is 6.82. The first-order valence-electron chi connectivity index (χ1n) is 6.44. The fourth-order valence-electron chi connectivity index (χ4n) is 1.33. The van der Waals surface area contributed by atoms with Gasteiger partial charge in [-0.05, 0) is 26.8 Å². The van der Waals surface area contributed by atoms with Gasteiger partial charge in [0.05, 0.1) is 17.7 Å². The standard InChI is InChI=1S/C13H18ClN3O5/c1-7(2)22-10-9(4-8(14)5-15-10)17-12(20)16-6-13(3,21)11(18)19/h4-5,7,21H,6H2,1-3H3,(H,18,19)(H2,16,17,20). The van der Waals surface area contributed by atoms with Gasteiger partial charge in [0.25, 0.3) is 0 Å². The zero-order valence-corrected chi connectivity index (χ0v) is 13.1. The molecule has 1 aromatic heterocycles. The van der Waals surface area contributed by atoms with Crippen molar-refractivity contribution >= 4 is 29.3 Å². The van der Waals surface area contributed by atoms with Gasteiger partial charge in [-0.25, -0.2) is 14.6 Å². The highest BCUT2D eigenvalue weighted by molar-refractivity contribution is 6.30. The largest absolute Gasteiger partial charge is 0.479 e. The molecule has 0 aromatic carbocycles. The molecular weight excluding hydrogens is 314 g/mol. The fourth-order valence-corrected chi connectivity index (χ4v) is 1.49. The predicted molar refractivity (Wildman–Crippen MR) is 80.3 cm³/mol. The van der Waals surface area contributed by atoms with Gasteiger partial charge in [-0.2, -0.15) is 0 Å². The Bertz CT molecular complexity index is 563. The van der Waals surface area contributed by atoms with E-state index in [0.29, 0.717) is 5.02 Å². The maximum Gasteiger partial charge on any atom is 0.337 e. The Hall–Kier alpha value is -2.06. The number of carbonyl (C=O) groups excluding carboxylic acids is 1. The van der Waals surface area contributed by atoms with Crippen molar-refractivity contribution in [3.05, 3.63) is 17.3 Å². The monoisotopic (exact) mass is 331 g/mol. The maximum absolute atomic E-state index is 11.8. The first kappa shape index (κ1) is 18.0. The normalized spacial score (nSPS) is 13.4. The van der Waals surface area contributed by atoms with Crippen LogP contribution < -0.4 is 15.4 Å². The molecule has 1 aromatic rings. The number of hydrogen-bond donors (Lipinski definition) is 4. The molecule has 122 valence electrons. The van der Waals surface area contributed by atoms with E-state index < -0.39 is 24.1 Å². The lowest BCUT2D eigenvalue weighted by Gasteiger charge is -2.19. The topological polar surface area (TPSA) is 121 Å². The van der Waals surface area contributed by atoms with Crippen LogP contribution in [0.25, 0.3) is 0 Å². The summed E-state index contributed by atoms with van der Waals surface area (Å²) in [6.07, 6.45) is 1.21. The predicted octanol–water partition coefficient (Wildman–Crippen LogP) is 1.48. The van der Waals surface area contributed by atoms with E-state index in [-0.39, 0.29) is 17.7 Å². The molecular formula is C13H18ClN3O5. The highest BCUT2D eigenvalue weighted by Crippen LogP contribution is 2.25. The molecule has 1 atom stereocenters. The van der Waals surface area contributed by atoms with Gasteiger partial charge in [-0.3, -0.25) is 0 Å². The summed E-state index contributed by atoms with van der Waals surface area (Å²) in [4.78, 5) is 26.5. The number of nitrogens with one attached hydrogen (secondary N) is 2. The van der Waals surface area contributed by atoms with Crippen molar-refractivity contribution in [3.63, 3.8) is 0 Å². The summed E-state index contributed by atoms with van der Waals surface area (Å²) in [5, 5.41) is 23.3. The summed E-state index contributed by atoms with van der Waals surface area (Å²) in [5.41, 5.74) is -1.84. The maximum atomic E-state index is 11.8. The number of carbonyl (C=O) groups is 2. The molecule has 0 aliphatic rings. The Morgan fingerprint density at radius 1 is 1.50 bits per heavy atom. The zero-order chi connectivity index (χ0) is 16.9. The number of aliphatic hydroxyl groups is 1. The van der Waals surface area contributed by atoms with Gasteiger partial charge in [-0.1, -0.05) is 11.6 Å². The lowest BCUT2D eigenvalue weighted by atomic mass is 10.1. The number of aromatic nitrogens is 1. The third-order valence-corrected chi connectivity index (χ3v) is 2.67. The van der Waals surface area contributed by atoms with Crippen LogP contribution in [-0.2, 0) is 4.79 Å². The van der Waals surface area contributed by atoms with Crippen molar-refractivity contribution < 1.29 is 24.5 Å². The number of carboxylic acid groups (broad SMARTS) is 1. The van der Waals surface area contributed by atoms with Crippen LogP contribution in [0.15, 0.2) is 12.3 Å². The van der Waals surface area contributed by atoms with Crippen molar-refractivity contribution in [1.82, 2.24) is 10.3 Å². The van der Waals surface area contributed by atoms with E-state index in [0.717, 1.165) is 6.92 Å². The molecule has 1 unspecified atom stereocenters. The Morgan fingerprint density at radius 3 is 2.68 bits per heavy atom. The minimum atomic E-state index is -2.07. The van der Waals surface area contributed by atoms with Crippen LogP contribution in [0.5, 0.6) is 5.88 Å². The molecule has 9 heteroatoms. The summed E-state index contributed by atoms with van der Waals surface area (Å²) < 4.78 is 5.43. The summed E-state index contributed by atoms with van der Waals surface area (Å²) in [7, 11) is 0. The number of ether oxygens (including phenoxy) is 1. The highest BCUT2D eigenvalue weighted by atomic mass is 35.5. The number of anilines is 1. The van der Waals surface area contributed by atoms with Crippen LogP contribution in [0.4, 0.5) is 10.5 Å². The Balaban J connectivity index is 2.75. The van der Waals surface area contributed by atoms with Gasteiger partial charge in [-0.15, -0.1) is 0 Å². The van der Waals surface area contributed by atoms with Crippen LogP contribution >= 0.6 is 11.6 Å². The van der Waals surface area contributed by atoms with Crippen molar-refractivity contribution in [2.75, 3.05) is 11.9 Å². The number of halogens is 1. The van der Waals surface area contributed by atoms with Crippen LogP contribution in [0.3, 0.4) is 0 Å². The smallest absolute Gasteiger partial charge is 0.337 e. The average molecular weight is 332 g/mol. The number of urea groups is 1. The number of nitrogens with zero attached hydrogens (tertiary/aromatic N) is 1. The van der Waals surface area contributed by atoms with E-state index in [4.69, 9.17) is 21.4 Å². The van der Waals surface area contributed by atoms with Crippen LogP contribution in [0, 0.1) is 0 Å². The van der Waals surface area contributed by atoms with Crippen LogP contribution in [-0.4, -0.2) is 45.4 Å². The molecule has 0 bridgehead atoms. The van der Waals surface area contributed by atoms with Crippen molar-refractivity contribution in [2.45, 2.75) is 32.5 Å². The summed E-state index contributed by atoms with van der Waals surface area (Å²) in [6, 6.07) is 0.723. The quantitative estimate of drug-likeness (QED) is 0.626. The van der Waals surface area contributed by atoms with Gasteiger partial charge in [0.1, 0.15) is 5.69 Å². The van der Waals surface area contributed by atoms with E-state index in [1.165, 1.54) is 12.3 Å². The highest BCUT2D eigenvalue weighted by Gasteiger charge is 2.30. The molecule has 1 rings (SSSR count). The number of carboxylic acids is 1. The third kappa shape index (κ3) is 5.38. The molecule has 0 radical (unpaired) electrons. The first-order chi connectivity index (χ1) is 10.1. The molecule has 4 N–H and O–H groups in total. The minimum Gasteiger partial charge on any atom is -0.479 e. The average Bonchev–Trinajstić information content (AvgIpc) is 2.39. The summed E-state index contributed by atoms with van der Waals surface area (Å²) in [5.74, 6) is -1.26. The molecule has 0 saturated carbocycles. The van der Waals surface area contributed by atoms with Crippen molar-refractivity contribution in [1.29, 1.82) is 0 Å². The molecule has 2 amide bonds. The van der Waals surface area contributed by atoms with E-state index in [2.05, 4.69) is 15.6 Å². The van der Waals surface area contributed by atoms with Gasteiger partial charge in [0, 0.05) is 6.20 Å². The third-order valence-electron chi connectivity index (χ3n) is 2.47. The van der Waals surface area contributed by atoms with Gasteiger partial charge in [0.2, 0.25) is 5.88 Å². The van der Waals surface area contributed by atoms with E-state index in [9.17, 15) is 14.7 Å². The SMILES string of the molecule is CC(C)Oc1ncc(Cl)cc1NC(=O)NCC(C)(O)C(=O)O. The Kier molecular flexibility index (Phi) is 5.95. The number of amides is 2. The van der Waals surface area contributed by atoms with Crippen LogP contribution in [0.2, 0.25) is 5.02 Å². The molecule has 0 spiro atoms. The van der Waals surface area contributed by atoms with E-state index in [1.54, 1.807) is 13.8 Å². The Morgan fingerprint density at radius 2 is 2.14 bits per heavy atom. The zero-order valence-electron chi connectivity index (χ0n) is 12.4. The second-order valence-electron chi connectivity index (χ2n) is 5.06. The van der Waals surface area contributed by atoms with Crippen molar-refractivity contribution in [3.8, 4) is 5.88 Å². The van der Waals surface area contributed by atoms with Crippen molar-refractivity contribution in [2.24, 2.45) is 0 Å². The number of pyridine rings is 1. The molecule has 0 aliphatic carbocycles. The molecule has 0 aliphatic heterocycles. The molecule has 0 saturated heterocycles. The number of rotatable bonds is 6. The molecule has 0 fully saturated rings. The second kappa shape index (κ2) is 7.28. The molecule has 1 heterocycles. The molecule has 22 heavy (non-hydrogen) atoms.